The number of nitrogen functional groups attached to an aromatic ring is 1. The molecule has 0 saturated heterocycles. The van der Waals surface area contributed by atoms with Gasteiger partial charge in [0.2, 0.25) is 0 Å². The summed E-state index contributed by atoms with van der Waals surface area (Å²) in [6.07, 6.45) is -2.99. The Bertz CT molecular complexity index is 460. The van der Waals surface area contributed by atoms with Gasteiger partial charge in [0.1, 0.15) is 5.56 Å². The highest BCUT2D eigenvalue weighted by Crippen LogP contribution is 2.32. The highest BCUT2D eigenvalue weighted by atomic mass is 19.3. The largest absolute Gasteiger partial charge is 0.399 e. The fourth-order valence-electron chi connectivity index (χ4n) is 1.37. The van der Waals surface area contributed by atoms with Crippen LogP contribution in [0.2, 0.25) is 0 Å². The lowest BCUT2D eigenvalue weighted by molar-refractivity contribution is -0.385. The van der Waals surface area contributed by atoms with Gasteiger partial charge < -0.3 is 5.73 Å². The molecule has 0 atom stereocenters. The molecule has 16 heavy (non-hydrogen) atoms. The van der Waals surface area contributed by atoms with E-state index in [-0.39, 0.29) is 5.69 Å². The Hall–Kier alpha value is -2.05. The standard InChI is InChI=1S/C9H8F2N2O3/c1-4(14)8-6(9(10)11)2-5(12)3-7(8)13(15)16/h2-3,9H,12H2,1H3. The van der Waals surface area contributed by atoms with E-state index in [2.05, 4.69) is 0 Å². The number of benzene rings is 1. The third-order valence-corrected chi connectivity index (χ3v) is 1.95. The third kappa shape index (κ3) is 2.13. The molecular weight excluding hydrogens is 222 g/mol. The Kier molecular flexibility index (Phi) is 3.17. The van der Waals surface area contributed by atoms with Crippen molar-refractivity contribution < 1.29 is 18.5 Å². The van der Waals surface area contributed by atoms with Gasteiger partial charge in [0.15, 0.2) is 5.78 Å². The SMILES string of the molecule is CC(=O)c1c(C(F)F)cc(N)cc1[N+](=O)[O-]. The number of carbonyl (C=O) groups is 1. The van der Waals surface area contributed by atoms with Gasteiger partial charge in [-0.05, 0) is 13.0 Å². The minimum Gasteiger partial charge on any atom is -0.399 e. The molecule has 1 aromatic rings. The van der Waals surface area contributed by atoms with E-state index in [1.165, 1.54) is 0 Å². The smallest absolute Gasteiger partial charge is 0.282 e. The van der Waals surface area contributed by atoms with Crippen molar-refractivity contribution >= 4 is 17.2 Å². The van der Waals surface area contributed by atoms with Crippen molar-refractivity contribution in [3.8, 4) is 0 Å². The first kappa shape index (κ1) is 12.0. The summed E-state index contributed by atoms with van der Waals surface area (Å²) in [7, 11) is 0. The first-order chi connectivity index (χ1) is 7.34. The van der Waals surface area contributed by atoms with E-state index in [1.807, 2.05) is 0 Å². The molecule has 0 aromatic heterocycles. The van der Waals surface area contributed by atoms with Crippen LogP contribution in [0.25, 0.3) is 0 Å². The van der Waals surface area contributed by atoms with Gasteiger partial charge in [0, 0.05) is 17.3 Å². The van der Waals surface area contributed by atoms with Gasteiger partial charge in [-0.3, -0.25) is 14.9 Å². The summed E-state index contributed by atoms with van der Waals surface area (Å²) in [6.45, 7) is 0.990. The molecule has 5 nitrogen and oxygen atoms in total. The predicted molar refractivity (Wildman–Crippen MR) is 52.5 cm³/mol. The van der Waals surface area contributed by atoms with E-state index in [4.69, 9.17) is 5.73 Å². The van der Waals surface area contributed by atoms with E-state index in [9.17, 15) is 23.7 Å². The lowest BCUT2D eigenvalue weighted by Crippen LogP contribution is -2.07. The molecule has 0 heterocycles. The van der Waals surface area contributed by atoms with Crippen LogP contribution in [0.3, 0.4) is 0 Å². The average Bonchev–Trinajstić information content (AvgIpc) is 2.15. The maximum atomic E-state index is 12.6. The highest BCUT2D eigenvalue weighted by molar-refractivity contribution is 6.00. The number of rotatable bonds is 3. The molecular formula is C9H8F2N2O3. The predicted octanol–water partition coefficient (Wildman–Crippen LogP) is 2.32. The first-order valence-corrected chi connectivity index (χ1v) is 4.21. The summed E-state index contributed by atoms with van der Waals surface area (Å²) in [5.74, 6) is -0.790. The Labute approximate surface area is 89.0 Å². The molecule has 0 spiro atoms. The van der Waals surface area contributed by atoms with Crippen LogP contribution >= 0.6 is 0 Å². The molecule has 0 aliphatic rings. The number of carbonyl (C=O) groups excluding carboxylic acids is 1. The topological polar surface area (TPSA) is 86.2 Å². The maximum absolute atomic E-state index is 12.6. The van der Waals surface area contributed by atoms with Crippen LogP contribution in [-0.4, -0.2) is 10.7 Å². The molecule has 7 heteroatoms. The molecule has 0 radical (unpaired) electrons. The van der Waals surface area contributed by atoms with Gasteiger partial charge in [-0.2, -0.15) is 0 Å². The Morgan fingerprint density at radius 3 is 2.44 bits per heavy atom. The van der Waals surface area contributed by atoms with Crippen molar-refractivity contribution in [2.45, 2.75) is 13.3 Å². The molecule has 0 bridgehead atoms. The number of nitro benzene ring substituents is 1. The number of anilines is 1. The molecule has 0 aliphatic heterocycles. The zero-order chi connectivity index (χ0) is 12.5. The van der Waals surface area contributed by atoms with Crippen molar-refractivity contribution in [2.75, 3.05) is 5.73 Å². The number of hydrogen-bond donors (Lipinski definition) is 1. The second-order valence-electron chi connectivity index (χ2n) is 3.12. The molecule has 0 amide bonds. The second-order valence-corrected chi connectivity index (χ2v) is 3.12. The fourth-order valence-corrected chi connectivity index (χ4v) is 1.37. The zero-order valence-corrected chi connectivity index (χ0v) is 8.24. The average molecular weight is 230 g/mol. The summed E-state index contributed by atoms with van der Waals surface area (Å²) in [5.41, 5.74) is 3.09. The van der Waals surface area contributed by atoms with Gasteiger partial charge in [-0.25, -0.2) is 8.78 Å². The van der Waals surface area contributed by atoms with Gasteiger partial charge in [-0.1, -0.05) is 0 Å². The number of ketones is 1. The van der Waals surface area contributed by atoms with Crippen LogP contribution < -0.4 is 5.73 Å². The quantitative estimate of drug-likeness (QED) is 0.373. The van der Waals surface area contributed by atoms with Crippen molar-refractivity contribution in [1.29, 1.82) is 0 Å². The second kappa shape index (κ2) is 4.21. The zero-order valence-electron chi connectivity index (χ0n) is 8.24. The number of Topliss-reactive ketones (excluding diaryl/α,β-unsaturated/α-hetero) is 1. The van der Waals surface area contributed by atoms with Crippen LogP contribution in [0.1, 0.15) is 29.3 Å². The molecule has 0 unspecified atom stereocenters. The van der Waals surface area contributed by atoms with Crippen molar-refractivity contribution in [3.63, 3.8) is 0 Å². The molecule has 86 valence electrons. The number of halogens is 2. The van der Waals surface area contributed by atoms with Crippen molar-refractivity contribution in [3.05, 3.63) is 33.4 Å². The summed E-state index contributed by atoms with van der Waals surface area (Å²) in [5, 5.41) is 10.6. The van der Waals surface area contributed by atoms with Gasteiger partial charge in [-0.15, -0.1) is 0 Å². The van der Waals surface area contributed by atoms with Crippen LogP contribution in [0.5, 0.6) is 0 Å². The van der Waals surface area contributed by atoms with Gasteiger partial charge in [0.25, 0.3) is 12.1 Å². The minimum atomic E-state index is -2.99. The Morgan fingerprint density at radius 1 is 1.50 bits per heavy atom. The number of alkyl halides is 2. The molecule has 1 aromatic carbocycles. The van der Waals surface area contributed by atoms with E-state index >= 15 is 0 Å². The normalized spacial score (nSPS) is 10.5. The maximum Gasteiger partial charge on any atom is 0.282 e. The van der Waals surface area contributed by atoms with Crippen LogP contribution in [-0.2, 0) is 0 Å². The summed E-state index contributed by atoms with van der Waals surface area (Å²) in [4.78, 5) is 20.8. The van der Waals surface area contributed by atoms with E-state index in [1.54, 1.807) is 0 Å². The molecule has 2 N–H and O–H groups in total. The highest BCUT2D eigenvalue weighted by Gasteiger charge is 2.26. The van der Waals surface area contributed by atoms with Gasteiger partial charge in [0.05, 0.1) is 4.92 Å². The van der Waals surface area contributed by atoms with E-state index < -0.39 is 33.9 Å². The third-order valence-electron chi connectivity index (χ3n) is 1.95. The Morgan fingerprint density at radius 2 is 2.06 bits per heavy atom. The van der Waals surface area contributed by atoms with Crippen LogP contribution in [0.4, 0.5) is 20.2 Å². The summed E-state index contributed by atoms with van der Waals surface area (Å²) < 4.78 is 25.2. The van der Waals surface area contributed by atoms with E-state index in [0.717, 1.165) is 19.1 Å². The van der Waals surface area contributed by atoms with E-state index in [0.29, 0.717) is 0 Å². The number of nitro groups is 1. The number of nitrogens with zero attached hydrogens (tertiary/aromatic N) is 1. The van der Waals surface area contributed by atoms with Gasteiger partial charge >= 0.3 is 0 Å². The number of hydrogen-bond acceptors (Lipinski definition) is 4. The minimum absolute atomic E-state index is 0.174. The molecule has 1 rings (SSSR count). The number of nitrogens with two attached hydrogens (primary N) is 1. The van der Waals surface area contributed by atoms with Crippen LogP contribution in [0, 0.1) is 10.1 Å². The molecule has 0 saturated carbocycles. The van der Waals surface area contributed by atoms with Crippen molar-refractivity contribution in [1.82, 2.24) is 0 Å². The lowest BCUT2D eigenvalue weighted by Gasteiger charge is -2.07. The lowest BCUT2D eigenvalue weighted by atomic mass is 10.0. The first-order valence-electron chi connectivity index (χ1n) is 4.21. The molecule has 0 aliphatic carbocycles. The van der Waals surface area contributed by atoms with Crippen LogP contribution in [0.15, 0.2) is 12.1 Å². The van der Waals surface area contributed by atoms with Crippen molar-refractivity contribution in [2.24, 2.45) is 0 Å². The Balaban J connectivity index is 3.60. The fraction of sp³-hybridized carbons (Fsp3) is 0.222. The monoisotopic (exact) mass is 230 g/mol. The summed E-state index contributed by atoms with van der Waals surface area (Å²) in [6, 6.07) is 1.76. The summed E-state index contributed by atoms with van der Waals surface area (Å²) >= 11 is 0. The molecule has 0 fully saturated rings.